The van der Waals surface area contributed by atoms with Gasteiger partial charge in [0.25, 0.3) is 0 Å². The summed E-state index contributed by atoms with van der Waals surface area (Å²) in [6.45, 7) is 7.26. The fraction of sp³-hybridized carbons (Fsp3) is 0.0513. The Hall–Kier alpha value is -6.06. The van der Waals surface area contributed by atoms with Crippen molar-refractivity contribution in [1.29, 1.82) is 0 Å². The number of phenolic OH excluding ortho intramolecular Hbond substituents is 1. The molecule has 2 aromatic heterocycles. The Morgan fingerprint density at radius 3 is 2.24 bits per heavy atom. The van der Waals surface area contributed by atoms with Gasteiger partial charge in [0, 0.05) is 24.4 Å². The minimum Gasteiger partial charge on any atom is -0.509 e. The lowest BCUT2D eigenvalue weighted by Gasteiger charge is -2.12. The third-order valence-corrected chi connectivity index (χ3v) is 8.06. The molecule has 7 rings (SSSR count). The number of fused-ring (bicyclic) bond motifs is 1. The van der Waals surface area contributed by atoms with Gasteiger partial charge >= 0.3 is 0 Å². The van der Waals surface area contributed by atoms with E-state index in [1.807, 2.05) is 60.3 Å². The zero-order valence-corrected chi connectivity index (χ0v) is 24.4. The van der Waals surface area contributed by atoms with Crippen molar-refractivity contribution in [3.05, 3.63) is 156 Å². The Balaban J connectivity index is 1.35. The van der Waals surface area contributed by atoms with Gasteiger partial charge in [-0.15, -0.1) is 0 Å². The zero-order valence-electron chi connectivity index (χ0n) is 24.4. The lowest BCUT2D eigenvalue weighted by molar-refractivity contribution is 0.477. The SMILES string of the molecule is [C-]#[N+]c1ccc(-c2nc3c(-c4cc(-c5ccc(F)cc5)cc(-c5ccc(Cc6ccccc6)cn5)c4)cccc3n2C)c(O)c1. The molecule has 0 spiro atoms. The van der Waals surface area contributed by atoms with Crippen molar-refractivity contribution in [2.24, 2.45) is 7.05 Å². The first-order valence-electron chi connectivity index (χ1n) is 14.5. The minimum absolute atomic E-state index is 0.00540. The van der Waals surface area contributed by atoms with Gasteiger partial charge < -0.3 is 9.67 Å². The van der Waals surface area contributed by atoms with E-state index in [2.05, 4.69) is 41.2 Å². The van der Waals surface area contributed by atoms with Gasteiger partial charge in [0.1, 0.15) is 17.4 Å². The van der Waals surface area contributed by atoms with Crippen molar-refractivity contribution >= 4 is 16.7 Å². The molecule has 5 aromatic carbocycles. The van der Waals surface area contributed by atoms with Gasteiger partial charge in [0.15, 0.2) is 5.69 Å². The molecule has 0 amide bonds. The monoisotopic (exact) mass is 586 g/mol. The van der Waals surface area contributed by atoms with Crippen LogP contribution in [0.4, 0.5) is 10.1 Å². The number of halogens is 1. The second-order valence-corrected chi connectivity index (χ2v) is 11.0. The maximum absolute atomic E-state index is 13.9. The third kappa shape index (κ3) is 5.44. The molecule has 0 bridgehead atoms. The van der Waals surface area contributed by atoms with Crippen LogP contribution in [-0.2, 0) is 13.5 Å². The number of aryl methyl sites for hydroxylation is 1. The van der Waals surface area contributed by atoms with E-state index >= 15 is 0 Å². The Morgan fingerprint density at radius 2 is 1.51 bits per heavy atom. The molecule has 0 atom stereocenters. The largest absolute Gasteiger partial charge is 0.509 e. The van der Waals surface area contributed by atoms with Crippen molar-refractivity contribution in [2.75, 3.05) is 0 Å². The van der Waals surface area contributed by atoms with E-state index in [0.717, 1.165) is 56.5 Å². The van der Waals surface area contributed by atoms with E-state index in [1.54, 1.807) is 24.3 Å². The summed E-state index contributed by atoms with van der Waals surface area (Å²) in [4.78, 5) is 13.3. The molecule has 0 aliphatic rings. The number of benzene rings is 5. The molecule has 6 heteroatoms. The third-order valence-electron chi connectivity index (χ3n) is 8.06. The van der Waals surface area contributed by atoms with Crippen LogP contribution >= 0.6 is 0 Å². The molecule has 0 saturated heterocycles. The highest BCUT2D eigenvalue weighted by atomic mass is 19.1. The van der Waals surface area contributed by atoms with Crippen LogP contribution in [0.5, 0.6) is 5.75 Å². The molecule has 2 heterocycles. The van der Waals surface area contributed by atoms with Crippen molar-refractivity contribution < 1.29 is 9.50 Å². The number of aromatic hydroxyl groups is 1. The number of hydrogen-bond acceptors (Lipinski definition) is 3. The average Bonchev–Trinajstić information content (AvgIpc) is 3.41. The van der Waals surface area contributed by atoms with Gasteiger partial charge in [-0.25, -0.2) is 14.2 Å². The van der Waals surface area contributed by atoms with E-state index in [9.17, 15) is 9.50 Å². The molecule has 45 heavy (non-hydrogen) atoms. The number of rotatable bonds is 6. The van der Waals surface area contributed by atoms with Crippen LogP contribution in [-0.4, -0.2) is 19.6 Å². The number of para-hydroxylation sites is 1. The summed E-state index contributed by atoms with van der Waals surface area (Å²) >= 11 is 0. The number of nitrogens with zero attached hydrogens (tertiary/aromatic N) is 4. The van der Waals surface area contributed by atoms with Crippen LogP contribution in [0.2, 0.25) is 0 Å². The fourth-order valence-electron chi connectivity index (χ4n) is 5.74. The van der Waals surface area contributed by atoms with Crippen LogP contribution in [0.15, 0.2) is 128 Å². The topological polar surface area (TPSA) is 55.3 Å². The maximum Gasteiger partial charge on any atom is 0.190 e. The van der Waals surface area contributed by atoms with Crippen molar-refractivity contribution in [2.45, 2.75) is 6.42 Å². The molecular weight excluding hydrogens is 559 g/mol. The Bertz CT molecular complexity index is 2210. The van der Waals surface area contributed by atoms with E-state index in [4.69, 9.17) is 16.5 Å². The molecule has 7 aromatic rings. The maximum atomic E-state index is 13.9. The summed E-state index contributed by atoms with van der Waals surface area (Å²) < 4.78 is 15.8. The van der Waals surface area contributed by atoms with Gasteiger partial charge in [-0.1, -0.05) is 72.8 Å². The first-order chi connectivity index (χ1) is 22.0. The van der Waals surface area contributed by atoms with Gasteiger partial charge in [0.05, 0.1) is 28.9 Å². The molecule has 0 aliphatic carbocycles. The number of aromatic nitrogens is 3. The van der Waals surface area contributed by atoms with Crippen molar-refractivity contribution in [3.8, 4) is 50.6 Å². The lowest BCUT2D eigenvalue weighted by atomic mass is 9.94. The first-order valence-corrected chi connectivity index (χ1v) is 14.5. The standard InChI is InChI=1S/C39H27FN4O/c1-41-32-16-17-34(37(45)23-32)39-43-38-33(9-6-10-36(38)44(39)2)29-20-28(27-12-14-31(40)15-13-27)21-30(22-29)35-18-11-26(24-42-35)19-25-7-4-3-5-8-25/h3-18,20-24,45H,19H2,2H3. The first kappa shape index (κ1) is 27.8. The van der Waals surface area contributed by atoms with Crippen LogP contribution in [0, 0.1) is 12.4 Å². The smallest absolute Gasteiger partial charge is 0.190 e. The number of phenols is 1. The summed E-state index contributed by atoms with van der Waals surface area (Å²) in [6, 6.07) is 38.1. The fourth-order valence-corrected chi connectivity index (χ4v) is 5.74. The number of imidazole rings is 1. The van der Waals surface area contributed by atoms with Gasteiger partial charge in [-0.05, 0) is 82.8 Å². The van der Waals surface area contributed by atoms with E-state index in [1.165, 1.54) is 23.8 Å². The van der Waals surface area contributed by atoms with Crippen molar-refractivity contribution in [3.63, 3.8) is 0 Å². The predicted molar refractivity (Wildman–Crippen MR) is 177 cm³/mol. The van der Waals surface area contributed by atoms with Gasteiger partial charge in [-0.2, -0.15) is 0 Å². The molecule has 0 radical (unpaired) electrons. The zero-order chi connectivity index (χ0) is 30.9. The summed E-state index contributed by atoms with van der Waals surface area (Å²) in [5, 5.41) is 10.7. The normalized spacial score (nSPS) is 11.0. The summed E-state index contributed by atoms with van der Waals surface area (Å²) in [7, 11) is 1.91. The summed E-state index contributed by atoms with van der Waals surface area (Å²) in [5.74, 6) is 0.312. The van der Waals surface area contributed by atoms with Crippen LogP contribution in [0.1, 0.15) is 11.1 Å². The lowest BCUT2D eigenvalue weighted by Crippen LogP contribution is -1.93. The van der Waals surface area contributed by atoms with E-state index in [0.29, 0.717) is 17.1 Å². The van der Waals surface area contributed by atoms with Gasteiger partial charge in [-0.3, -0.25) is 4.98 Å². The molecule has 0 saturated carbocycles. The van der Waals surface area contributed by atoms with Crippen molar-refractivity contribution in [1.82, 2.24) is 14.5 Å². The second-order valence-electron chi connectivity index (χ2n) is 11.0. The summed E-state index contributed by atoms with van der Waals surface area (Å²) in [6.07, 6.45) is 2.72. The van der Waals surface area contributed by atoms with Crippen LogP contribution in [0.3, 0.4) is 0 Å². The molecule has 216 valence electrons. The number of pyridine rings is 1. The second kappa shape index (κ2) is 11.6. The Kier molecular flexibility index (Phi) is 7.13. The molecule has 0 unspecified atom stereocenters. The van der Waals surface area contributed by atoms with Crippen LogP contribution < -0.4 is 0 Å². The van der Waals surface area contributed by atoms with E-state index in [-0.39, 0.29) is 11.6 Å². The predicted octanol–water partition coefficient (Wildman–Crippen LogP) is 9.62. The van der Waals surface area contributed by atoms with E-state index < -0.39 is 0 Å². The van der Waals surface area contributed by atoms with Crippen LogP contribution in [0.25, 0.3) is 60.8 Å². The molecule has 5 nitrogen and oxygen atoms in total. The number of hydrogen-bond donors (Lipinski definition) is 1. The molecule has 0 aliphatic heterocycles. The Labute approximate surface area is 260 Å². The highest BCUT2D eigenvalue weighted by Crippen LogP contribution is 2.38. The molecule has 1 N–H and O–H groups in total. The quantitative estimate of drug-likeness (QED) is 0.197. The highest BCUT2D eigenvalue weighted by Gasteiger charge is 2.18. The minimum atomic E-state index is -0.288. The molecule has 0 fully saturated rings. The van der Waals surface area contributed by atoms with Gasteiger partial charge in [0.2, 0.25) is 0 Å². The summed E-state index contributed by atoms with van der Waals surface area (Å²) in [5.41, 5.74) is 10.4. The molecular formula is C39H27FN4O. The average molecular weight is 587 g/mol. The highest BCUT2D eigenvalue weighted by molar-refractivity contribution is 5.96. The Morgan fingerprint density at radius 1 is 0.733 bits per heavy atom.